The van der Waals surface area contributed by atoms with Gasteiger partial charge in [0.1, 0.15) is 0 Å². The van der Waals surface area contributed by atoms with Crippen LogP contribution in [0.5, 0.6) is 0 Å². The normalized spacial score (nSPS) is 25.6. The molecule has 92 valence electrons. The van der Waals surface area contributed by atoms with Gasteiger partial charge >= 0.3 is 0 Å². The average molecular weight is 224 g/mol. The molecule has 1 aliphatic heterocycles. The maximum absolute atomic E-state index is 12.3. The van der Waals surface area contributed by atoms with E-state index in [1.165, 1.54) is 12.8 Å². The molecule has 2 rings (SSSR count). The zero-order valence-electron chi connectivity index (χ0n) is 10.8. The quantitative estimate of drug-likeness (QED) is 0.773. The fourth-order valence-corrected chi connectivity index (χ4v) is 2.37. The number of rotatable bonds is 2. The van der Waals surface area contributed by atoms with Crippen molar-refractivity contribution in [2.45, 2.75) is 45.6 Å². The number of carbonyl (C=O) groups excluding carboxylic acids is 1. The predicted molar refractivity (Wildman–Crippen MR) is 65.2 cm³/mol. The summed E-state index contributed by atoms with van der Waals surface area (Å²) in [6, 6.07) is 0. The van der Waals surface area contributed by atoms with Crippen LogP contribution in [0.25, 0.3) is 0 Å². The Labute approximate surface area is 98.6 Å². The van der Waals surface area contributed by atoms with E-state index in [4.69, 9.17) is 0 Å². The fraction of sp³-hybridized carbons (Fsp3) is 0.923. The molecule has 3 nitrogen and oxygen atoms in total. The molecule has 16 heavy (non-hydrogen) atoms. The first kappa shape index (κ1) is 11.9. The van der Waals surface area contributed by atoms with Crippen molar-refractivity contribution in [3.05, 3.63) is 0 Å². The molecule has 0 bridgehead atoms. The molecular formula is C13H24N2O. The zero-order valence-corrected chi connectivity index (χ0v) is 10.8. The first-order chi connectivity index (χ1) is 7.54. The highest BCUT2D eigenvalue weighted by Crippen LogP contribution is 2.37. The Bertz CT molecular complexity index is 271. The lowest BCUT2D eigenvalue weighted by atomic mass is 9.96. The topological polar surface area (TPSA) is 32.3 Å². The van der Waals surface area contributed by atoms with E-state index < -0.39 is 0 Å². The number of hydrogen-bond acceptors (Lipinski definition) is 2. The molecule has 1 spiro atoms. The van der Waals surface area contributed by atoms with Crippen molar-refractivity contribution in [1.29, 1.82) is 0 Å². The second kappa shape index (κ2) is 4.36. The largest absolute Gasteiger partial charge is 0.341 e. The first-order valence-corrected chi connectivity index (χ1v) is 6.58. The molecular weight excluding hydrogens is 200 g/mol. The Balaban J connectivity index is 1.99. The van der Waals surface area contributed by atoms with Crippen LogP contribution in [-0.4, -0.2) is 36.0 Å². The Hall–Kier alpha value is -0.570. The molecule has 1 saturated heterocycles. The third-order valence-electron chi connectivity index (χ3n) is 4.15. The number of carbonyl (C=O) groups is 1. The van der Waals surface area contributed by atoms with Crippen molar-refractivity contribution >= 4 is 5.91 Å². The minimum Gasteiger partial charge on any atom is -0.341 e. The summed E-state index contributed by atoms with van der Waals surface area (Å²) in [4.78, 5) is 14.4. The Morgan fingerprint density at radius 3 is 2.56 bits per heavy atom. The van der Waals surface area contributed by atoms with Crippen LogP contribution >= 0.6 is 0 Å². The van der Waals surface area contributed by atoms with Gasteiger partial charge < -0.3 is 10.2 Å². The monoisotopic (exact) mass is 224 g/mol. The van der Waals surface area contributed by atoms with E-state index in [9.17, 15) is 4.79 Å². The molecule has 0 radical (unpaired) electrons. The maximum atomic E-state index is 12.3. The van der Waals surface area contributed by atoms with Crippen LogP contribution in [0, 0.1) is 11.8 Å². The van der Waals surface area contributed by atoms with Gasteiger partial charge in [-0.15, -0.1) is 0 Å². The van der Waals surface area contributed by atoms with Crippen LogP contribution in [0.4, 0.5) is 0 Å². The van der Waals surface area contributed by atoms with Gasteiger partial charge in [-0.05, 0) is 31.7 Å². The standard InChI is InChI=1S/C13H24N2O/c1-10(2)11(3)12(16)15-8-4-7-14-13(9-15)5-6-13/h10-11,14H,4-9H2,1-3H3. The van der Waals surface area contributed by atoms with E-state index in [1.54, 1.807) is 0 Å². The Morgan fingerprint density at radius 2 is 2.00 bits per heavy atom. The third-order valence-corrected chi connectivity index (χ3v) is 4.15. The number of amides is 1. The van der Waals surface area contributed by atoms with Crippen molar-refractivity contribution in [2.24, 2.45) is 11.8 Å². The molecule has 1 amide bonds. The lowest BCUT2D eigenvalue weighted by molar-refractivity contribution is -0.136. The van der Waals surface area contributed by atoms with Crippen molar-refractivity contribution < 1.29 is 4.79 Å². The van der Waals surface area contributed by atoms with Crippen molar-refractivity contribution in [3.63, 3.8) is 0 Å². The van der Waals surface area contributed by atoms with E-state index in [1.807, 2.05) is 0 Å². The molecule has 1 N–H and O–H groups in total. The molecule has 3 heteroatoms. The molecule has 1 atom stereocenters. The molecule has 1 unspecified atom stereocenters. The molecule has 0 aromatic heterocycles. The number of nitrogens with one attached hydrogen (secondary N) is 1. The van der Waals surface area contributed by atoms with Gasteiger partial charge in [-0.3, -0.25) is 4.79 Å². The van der Waals surface area contributed by atoms with Gasteiger partial charge in [-0.2, -0.15) is 0 Å². The predicted octanol–water partition coefficient (Wildman–Crippen LogP) is 1.63. The molecule has 1 heterocycles. The summed E-state index contributed by atoms with van der Waals surface area (Å²) >= 11 is 0. The second-order valence-electron chi connectivity index (χ2n) is 5.85. The molecule has 0 aromatic rings. The van der Waals surface area contributed by atoms with E-state index >= 15 is 0 Å². The van der Waals surface area contributed by atoms with Crippen molar-refractivity contribution in [1.82, 2.24) is 10.2 Å². The van der Waals surface area contributed by atoms with Gasteiger partial charge in [0.2, 0.25) is 5.91 Å². The summed E-state index contributed by atoms with van der Waals surface area (Å²) < 4.78 is 0. The fourth-order valence-electron chi connectivity index (χ4n) is 2.37. The molecule has 2 aliphatic rings. The molecule has 1 aliphatic carbocycles. The van der Waals surface area contributed by atoms with Gasteiger partial charge in [-0.25, -0.2) is 0 Å². The van der Waals surface area contributed by atoms with Crippen molar-refractivity contribution in [3.8, 4) is 0 Å². The van der Waals surface area contributed by atoms with Gasteiger partial charge in [0, 0.05) is 24.5 Å². The maximum Gasteiger partial charge on any atom is 0.225 e. The first-order valence-electron chi connectivity index (χ1n) is 6.58. The van der Waals surface area contributed by atoms with Crippen LogP contribution in [0.15, 0.2) is 0 Å². The number of hydrogen-bond donors (Lipinski definition) is 1. The molecule has 2 fully saturated rings. The minimum atomic E-state index is 0.161. The SMILES string of the molecule is CC(C)C(C)C(=O)N1CCCNC2(CC2)C1. The van der Waals surface area contributed by atoms with Crippen LogP contribution in [0.1, 0.15) is 40.0 Å². The lowest BCUT2D eigenvalue weighted by Crippen LogP contribution is -2.44. The summed E-state index contributed by atoms with van der Waals surface area (Å²) in [6.45, 7) is 9.26. The Morgan fingerprint density at radius 1 is 1.31 bits per heavy atom. The van der Waals surface area contributed by atoms with Gasteiger partial charge in [0.05, 0.1) is 0 Å². The van der Waals surface area contributed by atoms with Gasteiger partial charge in [-0.1, -0.05) is 20.8 Å². The molecule has 1 saturated carbocycles. The van der Waals surface area contributed by atoms with Crippen LogP contribution in [0.2, 0.25) is 0 Å². The summed E-state index contributed by atoms with van der Waals surface area (Å²) in [5.74, 6) is 0.956. The van der Waals surface area contributed by atoms with E-state index in [0.717, 1.165) is 26.1 Å². The molecule has 0 aromatic carbocycles. The highest BCUT2D eigenvalue weighted by Gasteiger charge is 2.45. The minimum absolute atomic E-state index is 0.161. The van der Waals surface area contributed by atoms with Gasteiger partial charge in [0.15, 0.2) is 0 Å². The average Bonchev–Trinajstić information content (AvgIpc) is 3.04. The van der Waals surface area contributed by atoms with Crippen LogP contribution < -0.4 is 5.32 Å². The van der Waals surface area contributed by atoms with E-state index in [-0.39, 0.29) is 5.92 Å². The highest BCUT2D eigenvalue weighted by atomic mass is 16.2. The lowest BCUT2D eigenvalue weighted by Gasteiger charge is -2.28. The number of nitrogens with zero attached hydrogens (tertiary/aromatic N) is 1. The summed E-state index contributed by atoms with van der Waals surface area (Å²) in [7, 11) is 0. The van der Waals surface area contributed by atoms with Crippen molar-refractivity contribution in [2.75, 3.05) is 19.6 Å². The van der Waals surface area contributed by atoms with Crippen LogP contribution in [-0.2, 0) is 4.79 Å². The third kappa shape index (κ3) is 2.40. The zero-order chi connectivity index (χ0) is 11.8. The van der Waals surface area contributed by atoms with E-state index in [2.05, 4.69) is 31.0 Å². The highest BCUT2D eigenvalue weighted by molar-refractivity contribution is 5.79. The smallest absolute Gasteiger partial charge is 0.225 e. The summed E-state index contributed by atoms with van der Waals surface area (Å²) in [6.07, 6.45) is 3.58. The second-order valence-corrected chi connectivity index (χ2v) is 5.85. The Kier molecular flexibility index (Phi) is 3.24. The van der Waals surface area contributed by atoms with Crippen LogP contribution in [0.3, 0.4) is 0 Å². The summed E-state index contributed by atoms with van der Waals surface area (Å²) in [5, 5.41) is 3.59. The van der Waals surface area contributed by atoms with Gasteiger partial charge in [0.25, 0.3) is 0 Å². The van der Waals surface area contributed by atoms with E-state index in [0.29, 0.717) is 17.4 Å². The summed E-state index contributed by atoms with van der Waals surface area (Å²) in [5.41, 5.74) is 0.295.